The molecule has 0 N–H and O–H groups in total. The first kappa shape index (κ1) is 15.7. The second kappa shape index (κ2) is 11.2. The van der Waals surface area contributed by atoms with E-state index in [9.17, 15) is 0 Å². The lowest BCUT2D eigenvalue weighted by molar-refractivity contribution is 0.745. The summed E-state index contributed by atoms with van der Waals surface area (Å²) in [6.45, 7) is 10.2. The summed E-state index contributed by atoms with van der Waals surface area (Å²) in [5, 5.41) is 0. The highest BCUT2D eigenvalue weighted by atomic mass is 14.0. The van der Waals surface area contributed by atoms with Crippen molar-refractivity contribution in [3.05, 3.63) is 60.8 Å². The Kier molecular flexibility index (Phi) is 10.3. The van der Waals surface area contributed by atoms with E-state index in [0.717, 1.165) is 19.3 Å². The molecule has 17 heavy (non-hydrogen) atoms. The van der Waals surface area contributed by atoms with Crippen LogP contribution in [0.3, 0.4) is 0 Å². The molecule has 0 heteroatoms. The molecule has 0 aromatic rings. The van der Waals surface area contributed by atoms with E-state index in [0.29, 0.717) is 5.92 Å². The van der Waals surface area contributed by atoms with E-state index in [1.165, 1.54) is 5.57 Å². The van der Waals surface area contributed by atoms with Crippen molar-refractivity contribution in [3.8, 4) is 0 Å². The van der Waals surface area contributed by atoms with Gasteiger partial charge in [0.25, 0.3) is 0 Å². The Morgan fingerprint density at radius 1 is 1.18 bits per heavy atom. The summed E-state index contributed by atoms with van der Waals surface area (Å²) in [4.78, 5) is 0. The van der Waals surface area contributed by atoms with Crippen LogP contribution in [-0.2, 0) is 0 Å². The molecule has 1 atom stereocenters. The van der Waals surface area contributed by atoms with Crippen LogP contribution in [0.1, 0.15) is 40.0 Å². The van der Waals surface area contributed by atoms with Crippen LogP contribution in [0, 0.1) is 5.92 Å². The first-order chi connectivity index (χ1) is 8.20. The average molecular weight is 230 g/mol. The fraction of sp³-hybridized carbons (Fsp3) is 0.412. The van der Waals surface area contributed by atoms with Gasteiger partial charge in [-0.15, -0.1) is 6.58 Å². The molecule has 0 rings (SSSR count). The van der Waals surface area contributed by atoms with Crippen LogP contribution in [-0.4, -0.2) is 0 Å². The van der Waals surface area contributed by atoms with Crippen molar-refractivity contribution in [2.24, 2.45) is 5.92 Å². The minimum Gasteiger partial charge on any atom is -0.103 e. The molecular weight excluding hydrogens is 204 g/mol. The zero-order valence-electron chi connectivity index (χ0n) is 11.5. The fourth-order valence-corrected chi connectivity index (χ4v) is 1.30. The van der Waals surface area contributed by atoms with Gasteiger partial charge in [0.1, 0.15) is 0 Å². The van der Waals surface area contributed by atoms with E-state index < -0.39 is 0 Å². The lowest BCUT2D eigenvalue weighted by Gasteiger charge is -1.99. The van der Waals surface area contributed by atoms with Crippen LogP contribution in [0.2, 0.25) is 0 Å². The average Bonchev–Trinajstić information content (AvgIpc) is 2.34. The molecule has 0 spiro atoms. The lowest BCUT2D eigenvalue weighted by atomic mass is 10.1. The van der Waals surface area contributed by atoms with Crippen molar-refractivity contribution in [2.75, 3.05) is 0 Å². The van der Waals surface area contributed by atoms with Crippen molar-refractivity contribution in [2.45, 2.75) is 40.0 Å². The predicted molar refractivity (Wildman–Crippen MR) is 80.1 cm³/mol. The van der Waals surface area contributed by atoms with Crippen molar-refractivity contribution in [1.29, 1.82) is 0 Å². The van der Waals surface area contributed by atoms with Gasteiger partial charge in [0.2, 0.25) is 0 Å². The topological polar surface area (TPSA) is 0 Å². The summed E-state index contributed by atoms with van der Waals surface area (Å²) in [6.07, 6.45) is 20.3. The minimum atomic E-state index is 0.583. The molecule has 0 aliphatic carbocycles. The van der Waals surface area contributed by atoms with E-state index in [-0.39, 0.29) is 0 Å². The Labute approximate surface area is 107 Å². The van der Waals surface area contributed by atoms with Gasteiger partial charge in [-0.3, -0.25) is 0 Å². The van der Waals surface area contributed by atoms with Gasteiger partial charge in [0.15, 0.2) is 0 Å². The molecule has 0 amide bonds. The third-order valence-corrected chi connectivity index (χ3v) is 2.56. The molecular formula is C17H26. The van der Waals surface area contributed by atoms with Crippen LogP contribution in [0.5, 0.6) is 0 Å². The second-order valence-electron chi connectivity index (χ2n) is 4.36. The van der Waals surface area contributed by atoms with Gasteiger partial charge in [-0.2, -0.15) is 0 Å². The van der Waals surface area contributed by atoms with Gasteiger partial charge in [-0.05, 0) is 39.0 Å². The van der Waals surface area contributed by atoms with E-state index in [4.69, 9.17) is 0 Å². The Bertz CT molecular complexity index is 300. The maximum Gasteiger partial charge on any atom is -0.0141 e. The number of allylic oxidation sites excluding steroid dienone is 9. The monoisotopic (exact) mass is 230 g/mol. The Morgan fingerprint density at radius 2 is 1.94 bits per heavy atom. The fourth-order valence-electron chi connectivity index (χ4n) is 1.30. The highest BCUT2D eigenvalue weighted by Gasteiger charge is 1.90. The molecule has 0 fully saturated rings. The highest BCUT2D eigenvalue weighted by molar-refractivity contribution is 5.09. The molecule has 0 aliphatic rings. The van der Waals surface area contributed by atoms with Crippen molar-refractivity contribution in [3.63, 3.8) is 0 Å². The van der Waals surface area contributed by atoms with Crippen LogP contribution >= 0.6 is 0 Å². The molecule has 0 aliphatic heterocycles. The summed E-state index contributed by atoms with van der Waals surface area (Å²) in [6, 6.07) is 0. The van der Waals surface area contributed by atoms with Crippen LogP contribution in [0.4, 0.5) is 0 Å². The lowest BCUT2D eigenvalue weighted by Crippen LogP contribution is -1.84. The van der Waals surface area contributed by atoms with Gasteiger partial charge in [-0.1, -0.05) is 61.1 Å². The zero-order chi connectivity index (χ0) is 12.9. The Balaban J connectivity index is 3.80. The summed E-state index contributed by atoms with van der Waals surface area (Å²) in [5.74, 6) is 0.583. The standard InChI is InChI=1S/C17H26/c1-5-7-8-9-10-14-17(4)15-12-11-13-16(3)6-2/h5-9,11-12,14,16H,2,10,13,15H2,1,3-4H3/b7-5-,9-8-,12-11+,17-14+. The third kappa shape index (κ3) is 11.0. The first-order valence-electron chi connectivity index (χ1n) is 6.41. The van der Waals surface area contributed by atoms with E-state index in [1.54, 1.807) is 0 Å². The van der Waals surface area contributed by atoms with Crippen molar-refractivity contribution < 1.29 is 0 Å². The largest absolute Gasteiger partial charge is 0.103 e. The SMILES string of the molecule is C=CC(C)C/C=C/C/C(C)=C/C/C=C\C=C/C. The number of hydrogen-bond donors (Lipinski definition) is 0. The van der Waals surface area contributed by atoms with Crippen molar-refractivity contribution in [1.82, 2.24) is 0 Å². The van der Waals surface area contributed by atoms with Gasteiger partial charge in [0.05, 0.1) is 0 Å². The zero-order valence-corrected chi connectivity index (χ0v) is 11.5. The summed E-state index contributed by atoms with van der Waals surface area (Å²) < 4.78 is 0. The number of hydrogen-bond acceptors (Lipinski definition) is 0. The third-order valence-electron chi connectivity index (χ3n) is 2.56. The van der Waals surface area contributed by atoms with E-state index in [1.807, 2.05) is 19.1 Å². The summed E-state index contributed by atoms with van der Waals surface area (Å²) in [7, 11) is 0. The molecule has 0 aromatic carbocycles. The molecule has 94 valence electrons. The molecule has 0 radical (unpaired) electrons. The van der Waals surface area contributed by atoms with Crippen LogP contribution in [0.15, 0.2) is 60.8 Å². The molecule has 0 nitrogen and oxygen atoms in total. The quantitative estimate of drug-likeness (QED) is 0.375. The van der Waals surface area contributed by atoms with Gasteiger partial charge < -0.3 is 0 Å². The van der Waals surface area contributed by atoms with Crippen LogP contribution < -0.4 is 0 Å². The minimum absolute atomic E-state index is 0.583. The molecule has 1 unspecified atom stereocenters. The van der Waals surface area contributed by atoms with E-state index in [2.05, 4.69) is 56.9 Å². The maximum absolute atomic E-state index is 3.78. The Hall–Kier alpha value is -1.30. The van der Waals surface area contributed by atoms with Gasteiger partial charge in [-0.25, -0.2) is 0 Å². The van der Waals surface area contributed by atoms with E-state index >= 15 is 0 Å². The van der Waals surface area contributed by atoms with Gasteiger partial charge in [0, 0.05) is 0 Å². The molecule has 0 aromatic heterocycles. The van der Waals surface area contributed by atoms with Crippen molar-refractivity contribution >= 4 is 0 Å². The predicted octanol–water partition coefficient (Wildman–Crippen LogP) is 5.61. The maximum atomic E-state index is 3.78. The van der Waals surface area contributed by atoms with Crippen LogP contribution in [0.25, 0.3) is 0 Å². The first-order valence-corrected chi connectivity index (χ1v) is 6.41. The smallest absolute Gasteiger partial charge is 0.0141 e. The normalized spacial score (nSPS) is 15.1. The van der Waals surface area contributed by atoms with Gasteiger partial charge >= 0.3 is 0 Å². The molecule has 0 bridgehead atoms. The highest BCUT2D eigenvalue weighted by Crippen LogP contribution is 2.07. The molecule has 0 saturated carbocycles. The number of rotatable bonds is 8. The Morgan fingerprint density at radius 3 is 2.59 bits per heavy atom. The second-order valence-corrected chi connectivity index (χ2v) is 4.36. The molecule has 0 saturated heterocycles. The summed E-state index contributed by atoms with van der Waals surface area (Å²) in [5.41, 5.74) is 1.43. The summed E-state index contributed by atoms with van der Waals surface area (Å²) >= 11 is 0. The molecule has 0 heterocycles.